The highest BCUT2D eigenvalue weighted by Crippen LogP contribution is 2.38. The maximum absolute atomic E-state index is 3.94. The minimum absolute atomic E-state index is 0.586. The van der Waals surface area contributed by atoms with Gasteiger partial charge in [-0.25, -0.2) is 0 Å². The Balaban J connectivity index is 1.82. The zero-order valence-corrected chi connectivity index (χ0v) is 11.6. The highest BCUT2D eigenvalue weighted by Gasteiger charge is 2.34. The number of hydrogen-bond donors (Lipinski definition) is 1. The summed E-state index contributed by atoms with van der Waals surface area (Å²) in [5.74, 6) is 1.83. The van der Waals surface area contributed by atoms with E-state index in [0.29, 0.717) is 5.41 Å². The van der Waals surface area contributed by atoms with E-state index in [-0.39, 0.29) is 0 Å². The highest BCUT2D eigenvalue weighted by atomic mass is 15.0. The van der Waals surface area contributed by atoms with Crippen molar-refractivity contribution >= 4 is 0 Å². The summed E-state index contributed by atoms with van der Waals surface area (Å²) < 4.78 is 0. The molecule has 1 heteroatoms. The number of hydrogen-bond acceptors (Lipinski definition) is 1. The Morgan fingerprint density at radius 3 is 2.38 bits per heavy atom. The van der Waals surface area contributed by atoms with Gasteiger partial charge in [-0.2, -0.15) is 0 Å². The van der Waals surface area contributed by atoms with Crippen molar-refractivity contribution in [3.63, 3.8) is 0 Å². The molecule has 1 nitrogen and oxygen atoms in total. The summed E-state index contributed by atoms with van der Waals surface area (Å²) in [6.07, 6.45) is 8.44. The first-order valence-electron chi connectivity index (χ1n) is 7.22. The van der Waals surface area contributed by atoms with Gasteiger partial charge >= 0.3 is 0 Å². The molecule has 2 rings (SSSR count). The largest absolute Gasteiger partial charge is 0.311 e. The van der Waals surface area contributed by atoms with Crippen LogP contribution in [0.5, 0.6) is 0 Å². The molecule has 4 atom stereocenters. The van der Waals surface area contributed by atoms with E-state index >= 15 is 0 Å². The molecule has 4 unspecified atom stereocenters. The van der Waals surface area contributed by atoms with Gasteiger partial charge in [-0.05, 0) is 55.8 Å². The van der Waals surface area contributed by atoms with Crippen molar-refractivity contribution in [1.29, 1.82) is 0 Å². The van der Waals surface area contributed by atoms with Gasteiger partial charge in [-0.3, -0.25) is 0 Å². The molecule has 0 heterocycles. The van der Waals surface area contributed by atoms with E-state index in [4.69, 9.17) is 0 Å². The molecule has 0 aromatic rings. The molecule has 0 radical (unpaired) electrons. The summed E-state index contributed by atoms with van der Waals surface area (Å²) in [5.41, 5.74) is 0.586. The molecule has 2 aliphatic carbocycles. The van der Waals surface area contributed by atoms with Gasteiger partial charge in [0, 0.05) is 12.1 Å². The predicted octanol–water partition coefficient (Wildman–Crippen LogP) is 3.98. The second kappa shape index (κ2) is 4.68. The molecular weight excluding hydrogens is 194 g/mol. The Hall–Kier alpha value is -0.0400. The summed E-state index contributed by atoms with van der Waals surface area (Å²) >= 11 is 0. The van der Waals surface area contributed by atoms with Gasteiger partial charge in [0.25, 0.3) is 0 Å². The fourth-order valence-corrected chi connectivity index (χ4v) is 3.79. The first-order chi connectivity index (χ1) is 7.46. The van der Waals surface area contributed by atoms with E-state index in [1.165, 1.54) is 38.5 Å². The minimum Gasteiger partial charge on any atom is -0.311 e. The van der Waals surface area contributed by atoms with E-state index < -0.39 is 0 Å². The quantitative estimate of drug-likeness (QED) is 0.746. The maximum atomic E-state index is 3.94. The summed E-state index contributed by atoms with van der Waals surface area (Å²) in [7, 11) is 0. The fraction of sp³-hybridized carbons (Fsp3) is 1.00. The Kier molecular flexibility index (Phi) is 3.63. The number of rotatable bonds is 2. The SMILES string of the molecule is CC1CCC(NC2CCC(C)(C)C2)C(C)C1. The van der Waals surface area contributed by atoms with Crippen molar-refractivity contribution < 1.29 is 0 Å². The zero-order valence-electron chi connectivity index (χ0n) is 11.6. The van der Waals surface area contributed by atoms with Crippen LogP contribution < -0.4 is 5.32 Å². The molecule has 2 saturated carbocycles. The Morgan fingerprint density at radius 1 is 1.06 bits per heavy atom. The average molecular weight is 223 g/mol. The Bertz CT molecular complexity index is 234. The third-order valence-corrected chi connectivity index (χ3v) is 4.85. The molecule has 1 N–H and O–H groups in total. The van der Waals surface area contributed by atoms with Gasteiger partial charge in [0.1, 0.15) is 0 Å². The molecule has 0 saturated heterocycles. The van der Waals surface area contributed by atoms with Gasteiger partial charge < -0.3 is 5.32 Å². The molecular formula is C15H29N. The summed E-state index contributed by atoms with van der Waals surface area (Å²) in [6.45, 7) is 9.68. The molecule has 0 bridgehead atoms. The van der Waals surface area contributed by atoms with Crippen LogP contribution in [0.1, 0.15) is 66.2 Å². The first-order valence-corrected chi connectivity index (χ1v) is 7.22. The van der Waals surface area contributed by atoms with Crippen LogP contribution in [-0.2, 0) is 0 Å². The van der Waals surface area contributed by atoms with Crippen LogP contribution >= 0.6 is 0 Å². The van der Waals surface area contributed by atoms with Gasteiger partial charge in [0.15, 0.2) is 0 Å². The van der Waals surface area contributed by atoms with E-state index in [9.17, 15) is 0 Å². The van der Waals surface area contributed by atoms with Crippen LogP contribution in [0, 0.1) is 17.3 Å². The normalized spacial score (nSPS) is 43.5. The van der Waals surface area contributed by atoms with Crippen molar-refractivity contribution in [3.8, 4) is 0 Å². The maximum Gasteiger partial charge on any atom is 0.00954 e. The molecule has 0 aromatic carbocycles. The Morgan fingerprint density at radius 2 is 1.81 bits per heavy atom. The van der Waals surface area contributed by atoms with Crippen molar-refractivity contribution in [2.24, 2.45) is 17.3 Å². The fourth-order valence-electron chi connectivity index (χ4n) is 3.79. The van der Waals surface area contributed by atoms with Crippen LogP contribution in [-0.4, -0.2) is 12.1 Å². The van der Waals surface area contributed by atoms with Crippen molar-refractivity contribution in [3.05, 3.63) is 0 Å². The van der Waals surface area contributed by atoms with Gasteiger partial charge in [0.05, 0.1) is 0 Å². The molecule has 0 aromatic heterocycles. The summed E-state index contributed by atoms with van der Waals surface area (Å²) in [5, 5.41) is 3.94. The van der Waals surface area contributed by atoms with Gasteiger partial charge in [0.2, 0.25) is 0 Å². The molecule has 16 heavy (non-hydrogen) atoms. The van der Waals surface area contributed by atoms with Crippen LogP contribution in [0.15, 0.2) is 0 Å². The molecule has 0 spiro atoms. The lowest BCUT2D eigenvalue weighted by Gasteiger charge is -2.35. The highest BCUT2D eigenvalue weighted by molar-refractivity contribution is 4.90. The second-order valence-corrected chi connectivity index (χ2v) is 7.27. The van der Waals surface area contributed by atoms with Gasteiger partial charge in [-0.15, -0.1) is 0 Å². The van der Waals surface area contributed by atoms with Crippen LogP contribution in [0.3, 0.4) is 0 Å². The van der Waals surface area contributed by atoms with Crippen LogP contribution in [0.2, 0.25) is 0 Å². The topological polar surface area (TPSA) is 12.0 Å². The monoisotopic (exact) mass is 223 g/mol. The Labute approximate surface area is 101 Å². The van der Waals surface area contributed by atoms with Crippen LogP contribution in [0.25, 0.3) is 0 Å². The summed E-state index contributed by atoms with van der Waals surface area (Å²) in [4.78, 5) is 0. The average Bonchev–Trinajstić information content (AvgIpc) is 2.51. The third kappa shape index (κ3) is 3.00. The lowest BCUT2D eigenvalue weighted by Crippen LogP contribution is -2.44. The van der Waals surface area contributed by atoms with Crippen molar-refractivity contribution in [1.82, 2.24) is 5.32 Å². The van der Waals surface area contributed by atoms with E-state index in [0.717, 1.165) is 23.9 Å². The number of nitrogens with one attached hydrogen (secondary N) is 1. The van der Waals surface area contributed by atoms with Gasteiger partial charge in [-0.1, -0.05) is 27.7 Å². The van der Waals surface area contributed by atoms with Crippen molar-refractivity contribution in [2.75, 3.05) is 0 Å². The zero-order chi connectivity index (χ0) is 11.8. The van der Waals surface area contributed by atoms with Crippen LogP contribution in [0.4, 0.5) is 0 Å². The second-order valence-electron chi connectivity index (χ2n) is 7.27. The third-order valence-electron chi connectivity index (χ3n) is 4.85. The first kappa shape index (κ1) is 12.4. The predicted molar refractivity (Wildman–Crippen MR) is 70.5 cm³/mol. The minimum atomic E-state index is 0.586. The molecule has 2 fully saturated rings. The summed E-state index contributed by atoms with van der Waals surface area (Å²) in [6, 6.07) is 1.60. The molecule has 94 valence electrons. The van der Waals surface area contributed by atoms with Crippen molar-refractivity contribution in [2.45, 2.75) is 78.3 Å². The van der Waals surface area contributed by atoms with E-state index in [1.807, 2.05) is 0 Å². The lowest BCUT2D eigenvalue weighted by atomic mass is 9.79. The molecule has 2 aliphatic rings. The lowest BCUT2D eigenvalue weighted by molar-refractivity contribution is 0.210. The standard InChI is InChI=1S/C15H29N/c1-11-5-6-14(12(2)9-11)16-13-7-8-15(3,4)10-13/h11-14,16H,5-10H2,1-4H3. The van der Waals surface area contributed by atoms with E-state index in [1.54, 1.807) is 0 Å². The smallest absolute Gasteiger partial charge is 0.00954 e. The van der Waals surface area contributed by atoms with E-state index in [2.05, 4.69) is 33.0 Å². The molecule has 0 amide bonds. The molecule has 0 aliphatic heterocycles.